The zero-order valence-corrected chi connectivity index (χ0v) is 13.7. The second-order valence-electron chi connectivity index (χ2n) is 6.53. The van der Waals surface area contributed by atoms with Crippen LogP contribution in [-0.2, 0) is 11.3 Å². The molecule has 1 aromatic heterocycles. The van der Waals surface area contributed by atoms with Crippen LogP contribution in [0.2, 0.25) is 0 Å². The van der Waals surface area contributed by atoms with Gasteiger partial charge in [0.05, 0.1) is 12.2 Å². The molecule has 1 aliphatic rings. The number of amides is 1. The number of hydrogen-bond acceptors (Lipinski definition) is 2. The Hall–Kier alpha value is -2.68. The molecule has 3 aromatic rings. The van der Waals surface area contributed by atoms with Gasteiger partial charge in [0.15, 0.2) is 0 Å². The lowest BCUT2D eigenvalue weighted by Gasteiger charge is -2.17. The van der Waals surface area contributed by atoms with Crippen molar-refractivity contribution in [3.63, 3.8) is 0 Å². The van der Waals surface area contributed by atoms with E-state index in [1.165, 1.54) is 16.3 Å². The van der Waals surface area contributed by atoms with Crippen molar-refractivity contribution in [2.24, 2.45) is 5.92 Å². The second-order valence-corrected chi connectivity index (χ2v) is 6.53. The first-order valence-electron chi connectivity index (χ1n) is 8.36. The Kier molecular flexibility index (Phi) is 3.77. The SMILES string of the molecule is CN(Cc1ccccn1)C(=O)[C@H]1C[C@@H]1c1cccc2ccccc12. The summed E-state index contributed by atoms with van der Waals surface area (Å²) in [5.41, 5.74) is 2.23. The Bertz CT molecular complexity index is 870. The van der Waals surface area contributed by atoms with Gasteiger partial charge in [0, 0.05) is 19.2 Å². The number of benzene rings is 2. The fourth-order valence-electron chi connectivity index (χ4n) is 3.48. The maximum atomic E-state index is 12.7. The van der Waals surface area contributed by atoms with E-state index in [1.807, 2.05) is 25.2 Å². The molecule has 0 saturated heterocycles. The highest BCUT2D eigenvalue weighted by atomic mass is 16.2. The summed E-state index contributed by atoms with van der Waals surface area (Å²) in [4.78, 5) is 18.8. The van der Waals surface area contributed by atoms with Gasteiger partial charge in [-0.3, -0.25) is 9.78 Å². The Morgan fingerprint density at radius 1 is 1.08 bits per heavy atom. The summed E-state index contributed by atoms with van der Waals surface area (Å²) in [5, 5.41) is 2.52. The van der Waals surface area contributed by atoms with Crippen LogP contribution in [0.3, 0.4) is 0 Å². The molecule has 1 amide bonds. The standard InChI is InChI=1S/C21H20N2O/c1-23(14-16-9-4-5-12-22-16)21(24)20-13-19(20)18-11-6-8-15-7-2-3-10-17(15)18/h2-12,19-20H,13-14H2,1H3/t19-,20+/m1/s1. The highest BCUT2D eigenvalue weighted by molar-refractivity contribution is 5.89. The van der Waals surface area contributed by atoms with Gasteiger partial charge in [-0.15, -0.1) is 0 Å². The molecule has 1 fully saturated rings. The fraction of sp³-hybridized carbons (Fsp3) is 0.238. The lowest BCUT2D eigenvalue weighted by Crippen LogP contribution is -2.28. The van der Waals surface area contributed by atoms with Gasteiger partial charge < -0.3 is 4.90 Å². The van der Waals surface area contributed by atoms with Gasteiger partial charge in [0.1, 0.15) is 0 Å². The number of hydrogen-bond donors (Lipinski definition) is 0. The predicted octanol–water partition coefficient (Wildman–Crippen LogP) is 4.00. The molecular weight excluding hydrogens is 296 g/mol. The van der Waals surface area contributed by atoms with Crippen LogP contribution in [0.15, 0.2) is 66.9 Å². The van der Waals surface area contributed by atoms with Crippen LogP contribution >= 0.6 is 0 Å². The zero-order chi connectivity index (χ0) is 16.5. The zero-order valence-electron chi connectivity index (χ0n) is 13.7. The Morgan fingerprint density at radius 3 is 2.71 bits per heavy atom. The summed E-state index contributed by atoms with van der Waals surface area (Å²) in [6.45, 7) is 0.568. The summed E-state index contributed by atoms with van der Waals surface area (Å²) in [6.07, 6.45) is 2.71. The molecule has 0 bridgehead atoms. The molecule has 120 valence electrons. The topological polar surface area (TPSA) is 33.2 Å². The molecule has 2 atom stereocenters. The molecular formula is C21H20N2O. The fourth-order valence-corrected chi connectivity index (χ4v) is 3.48. The third kappa shape index (κ3) is 2.78. The quantitative estimate of drug-likeness (QED) is 0.729. The van der Waals surface area contributed by atoms with Crippen molar-refractivity contribution in [2.45, 2.75) is 18.9 Å². The number of rotatable bonds is 4. The summed E-state index contributed by atoms with van der Waals surface area (Å²) in [6, 6.07) is 20.6. The van der Waals surface area contributed by atoms with Crippen molar-refractivity contribution < 1.29 is 4.79 Å². The third-order valence-electron chi connectivity index (χ3n) is 4.83. The number of pyridine rings is 1. The Labute approximate surface area is 141 Å². The van der Waals surface area contributed by atoms with Gasteiger partial charge in [0.25, 0.3) is 0 Å². The van der Waals surface area contributed by atoms with Crippen LogP contribution in [0.1, 0.15) is 23.6 Å². The van der Waals surface area contributed by atoms with Crippen LogP contribution in [0, 0.1) is 5.92 Å². The van der Waals surface area contributed by atoms with E-state index in [4.69, 9.17) is 0 Å². The largest absolute Gasteiger partial charge is 0.340 e. The van der Waals surface area contributed by atoms with Crippen molar-refractivity contribution in [3.8, 4) is 0 Å². The molecule has 24 heavy (non-hydrogen) atoms. The highest BCUT2D eigenvalue weighted by Gasteiger charge is 2.45. The van der Waals surface area contributed by atoms with Gasteiger partial charge in [-0.1, -0.05) is 48.5 Å². The van der Waals surface area contributed by atoms with Crippen LogP contribution < -0.4 is 0 Å². The van der Waals surface area contributed by atoms with E-state index in [1.54, 1.807) is 11.1 Å². The van der Waals surface area contributed by atoms with Gasteiger partial charge in [-0.25, -0.2) is 0 Å². The van der Waals surface area contributed by atoms with Crippen LogP contribution in [0.5, 0.6) is 0 Å². The van der Waals surface area contributed by atoms with E-state index in [2.05, 4.69) is 47.4 Å². The third-order valence-corrected chi connectivity index (χ3v) is 4.83. The molecule has 1 saturated carbocycles. The minimum Gasteiger partial charge on any atom is -0.340 e. The van der Waals surface area contributed by atoms with E-state index in [0.717, 1.165) is 12.1 Å². The molecule has 3 nitrogen and oxygen atoms in total. The summed E-state index contributed by atoms with van der Waals surface area (Å²) in [7, 11) is 1.87. The van der Waals surface area contributed by atoms with E-state index in [9.17, 15) is 4.79 Å². The normalized spacial score (nSPS) is 19.2. The van der Waals surface area contributed by atoms with Crippen molar-refractivity contribution in [1.29, 1.82) is 0 Å². The van der Waals surface area contributed by atoms with Gasteiger partial charge in [0.2, 0.25) is 5.91 Å². The molecule has 1 aliphatic carbocycles. The van der Waals surface area contributed by atoms with Crippen molar-refractivity contribution in [2.75, 3.05) is 7.05 Å². The maximum absolute atomic E-state index is 12.7. The molecule has 1 heterocycles. The molecule has 2 aromatic carbocycles. The second kappa shape index (κ2) is 6.08. The van der Waals surface area contributed by atoms with E-state index in [-0.39, 0.29) is 11.8 Å². The molecule has 4 rings (SSSR count). The van der Waals surface area contributed by atoms with E-state index >= 15 is 0 Å². The summed E-state index contributed by atoms with van der Waals surface area (Å²) in [5.74, 6) is 0.665. The lowest BCUT2D eigenvalue weighted by atomic mass is 10.00. The molecule has 0 radical (unpaired) electrons. The average Bonchev–Trinajstić information content (AvgIpc) is 3.42. The number of nitrogens with zero attached hydrogens (tertiary/aromatic N) is 2. The van der Waals surface area contributed by atoms with Crippen LogP contribution in [0.25, 0.3) is 10.8 Å². The minimum absolute atomic E-state index is 0.101. The maximum Gasteiger partial charge on any atom is 0.226 e. The van der Waals surface area contributed by atoms with Crippen LogP contribution in [0.4, 0.5) is 0 Å². The monoisotopic (exact) mass is 316 g/mol. The lowest BCUT2D eigenvalue weighted by molar-refractivity contribution is -0.131. The van der Waals surface area contributed by atoms with Crippen molar-refractivity contribution in [3.05, 3.63) is 78.1 Å². The number of aromatic nitrogens is 1. The smallest absolute Gasteiger partial charge is 0.226 e. The highest BCUT2D eigenvalue weighted by Crippen LogP contribution is 2.50. The van der Waals surface area contributed by atoms with Gasteiger partial charge in [-0.05, 0) is 40.8 Å². The molecule has 0 spiro atoms. The Balaban J connectivity index is 1.50. The number of carbonyl (C=O) groups is 1. The number of fused-ring (bicyclic) bond motifs is 1. The summed E-state index contributed by atoms with van der Waals surface area (Å²) < 4.78 is 0. The first kappa shape index (κ1) is 14.9. The predicted molar refractivity (Wildman–Crippen MR) is 95.5 cm³/mol. The van der Waals surface area contributed by atoms with Gasteiger partial charge in [-0.2, -0.15) is 0 Å². The molecule has 0 N–H and O–H groups in total. The molecule has 0 aliphatic heterocycles. The van der Waals surface area contributed by atoms with Crippen LogP contribution in [-0.4, -0.2) is 22.8 Å². The first-order chi connectivity index (χ1) is 11.7. The number of carbonyl (C=O) groups excluding carboxylic acids is 1. The van der Waals surface area contributed by atoms with Crippen molar-refractivity contribution in [1.82, 2.24) is 9.88 Å². The Morgan fingerprint density at radius 2 is 1.88 bits per heavy atom. The first-order valence-corrected chi connectivity index (χ1v) is 8.36. The summed E-state index contributed by atoms with van der Waals surface area (Å²) >= 11 is 0. The molecule has 0 unspecified atom stereocenters. The average molecular weight is 316 g/mol. The van der Waals surface area contributed by atoms with E-state index in [0.29, 0.717) is 12.5 Å². The van der Waals surface area contributed by atoms with Crippen molar-refractivity contribution >= 4 is 16.7 Å². The van der Waals surface area contributed by atoms with Gasteiger partial charge >= 0.3 is 0 Å². The minimum atomic E-state index is 0.101. The molecule has 3 heteroatoms. The van der Waals surface area contributed by atoms with E-state index < -0.39 is 0 Å².